The molecule has 2 N–H and O–H groups in total. The molecule has 0 saturated carbocycles. The van der Waals surface area contributed by atoms with Crippen LogP contribution >= 0.6 is 0 Å². The van der Waals surface area contributed by atoms with Crippen LogP contribution in [0, 0.1) is 18.3 Å². The number of hydrogen-bond donors (Lipinski definition) is 1. The maximum atomic E-state index is 10.8. The maximum Gasteiger partial charge on any atom is 0.322 e. The summed E-state index contributed by atoms with van der Waals surface area (Å²) in [6, 6.07) is -0.788. The molecule has 5 heteroatoms. The predicted octanol–water partition coefficient (Wildman–Crippen LogP) is -0.204. The van der Waals surface area contributed by atoms with Gasteiger partial charge in [-0.2, -0.15) is 0 Å². The van der Waals surface area contributed by atoms with Crippen LogP contribution in [0.3, 0.4) is 0 Å². The highest BCUT2D eigenvalue weighted by atomic mass is 16.2. The molecule has 0 unspecified atom stereocenters. The Hall–Kier alpha value is -2.35. The van der Waals surface area contributed by atoms with Crippen molar-refractivity contribution < 1.29 is 14.4 Å². The van der Waals surface area contributed by atoms with Gasteiger partial charge in [-0.15, -0.1) is 6.42 Å². The Balaban J connectivity index is 3.18. The van der Waals surface area contributed by atoms with Crippen molar-refractivity contribution in [2.75, 3.05) is 0 Å². The van der Waals surface area contributed by atoms with Crippen LogP contribution in [-0.4, -0.2) is 23.5 Å². The zero-order valence-corrected chi connectivity index (χ0v) is 7.71. The molecule has 0 spiro atoms. The summed E-state index contributed by atoms with van der Waals surface area (Å²) in [6.45, 7) is 0. The number of aldehydes is 2. The minimum atomic E-state index is -0.788. The third-order valence-corrected chi connectivity index (χ3v) is 1.94. The van der Waals surface area contributed by atoms with Crippen LogP contribution in [0.15, 0.2) is 23.5 Å². The second-order valence-electron chi connectivity index (χ2n) is 2.84. The van der Waals surface area contributed by atoms with E-state index < -0.39 is 11.9 Å². The van der Waals surface area contributed by atoms with Gasteiger partial charge >= 0.3 is 6.03 Å². The molecule has 1 aliphatic rings. The zero-order valence-electron chi connectivity index (χ0n) is 7.71. The van der Waals surface area contributed by atoms with E-state index in [1.165, 1.54) is 12.4 Å². The highest BCUT2D eigenvalue weighted by molar-refractivity contribution is 5.87. The zero-order chi connectivity index (χ0) is 11.4. The lowest BCUT2D eigenvalue weighted by atomic mass is 9.92. The monoisotopic (exact) mass is 204 g/mol. The largest absolute Gasteiger partial charge is 0.351 e. The molecule has 15 heavy (non-hydrogen) atoms. The van der Waals surface area contributed by atoms with E-state index in [1.807, 2.05) is 0 Å². The summed E-state index contributed by atoms with van der Waals surface area (Å²) >= 11 is 0. The minimum Gasteiger partial charge on any atom is -0.351 e. The van der Waals surface area contributed by atoms with Crippen LogP contribution in [0.25, 0.3) is 0 Å². The van der Waals surface area contributed by atoms with Gasteiger partial charge in [-0.1, -0.05) is 5.92 Å². The summed E-state index contributed by atoms with van der Waals surface area (Å²) in [4.78, 5) is 33.1. The molecule has 2 amide bonds. The van der Waals surface area contributed by atoms with Crippen molar-refractivity contribution in [3.8, 4) is 12.3 Å². The van der Waals surface area contributed by atoms with Crippen molar-refractivity contribution in [1.82, 2.24) is 4.90 Å². The van der Waals surface area contributed by atoms with Crippen molar-refractivity contribution in [3.63, 3.8) is 0 Å². The molecule has 0 fully saturated rings. The molecule has 1 heterocycles. The number of terminal acetylenes is 1. The molecule has 1 rings (SSSR count). The first kappa shape index (κ1) is 10.7. The fourth-order valence-corrected chi connectivity index (χ4v) is 1.22. The number of hydrogen-bond acceptors (Lipinski definition) is 3. The molecular formula is C10H8N2O3. The number of carbonyl (C=O) groups excluding carboxylic acids is 3. The normalized spacial score (nSPS) is 16.1. The topological polar surface area (TPSA) is 80.5 Å². The third kappa shape index (κ3) is 1.94. The van der Waals surface area contributed by atoms with E-state index in [1.54, 1.807) is 0 Å². The van der Waals surface area contributed by atoms with Gasteiger partial charge in [0.2, 0.25) is 0 Å². The van der Waals surface area contributed by atoms with Crippen LogP contribution < -0.4 is 5.73 Å². The van der Waals surface area contributed by atoms with Crippen LogP contribution in [0.5, 0.6) is 0 Å². The molecule has 0 aliphatic carbocycles. The van der Waals surface area contributed by atoms with E-state index in [0.29, 0.717) is 12.6 Å². The van der Waals surface area contributed by atoms with E-state index in [-0.39, 0.29) is 11.1 Å². The molecule has 1 aliphatic heterocycles. The van der Waals surface area contributed by atoms with E-state index in [9.17, 15) is 14.4 Å². The molecule has 0 bridgehead atoms. The van der Waals surface area contributed by atoms with Gasteiger partial charge in [-0.05, 0) is 0 Å². The quantitative estimate of drug-likeness (QED) is 0.499. The molecule has 0 aromatic carbocycles. The summed E-state index contributed by atoms with van der Waals surface area (Å²) in [6.07, 6.45) is 8.60. The van der Waals surface area contributed by atoms with Crippen LogP contribution in [-0.2, 0) is 9.59 Å². The number of primary amides is 1. The average molecular weight is 204 g/mol. The summed E-state index contributed by atoms with van der Waals surface area (Å²) in [5.74, 6) is 1.58. The highest BCUT2D eigenvalue weighted by Gasteiger charge is 2.23. The number of rotatable bonds is 2. The van der Waals surface area contributed by atoms with Gasteiger partial charge in [0.1, 0.15) is 12.6 Å². The lowest BCUT2D eigenvalue weighted by Crippen LogP contribution is -2.31. The SMILES string of the molecule is C#CC1C(C=O)=CN(C(N)=O)C=C1C=O. The number of amides is 2. The summed E-state index contributed by atoms with van der Waals surface area (Å²) in [7, 11) is 0. The van der Waals surface area contributed by atoms with E-state index in [0.717, 1.165) is 4.90 Å². The van der Waals surface area contributed by atoms with Crippen LogP contribution in [0.2, 0.25) is 0 Å². The summed E-state index contributed by atoms with van der Waals surface area (Å²) in [5.41, 5.74) is 5.31. The van der Waals surface area contributed by atoms with Crippen molar-refractivity contribution in [1.29, 1.82) is 0 Å². The van der Waals surface area contributed by atoms with Gasteiger partial charge in [0.15, 0.2) is 0 Å². The minimum absolute atomic E-state index is 0.154. The molecule has 0 aromatic heterocycles. The van der Waals surface area contributed by atoms with Crippen molar-refractivity contribution in [2.24, 2.45) is 11.7 Å². The lowest BCUT2D eigenvalue weighted by Gasteiger charge is -2.21. The van der Waals surface area contributed by atoms with E-state index >= 15 is 0 Å². The first-order chi connectivity index (χ1) is 7.13. The first-order valence-electron chi connectivity index (χ1n) is 4.01. The molecule has 0 aromatic rings. The first-order valence-corrected chi connectivity index (χ1v) is 4.01. The van der Waals surface area contributed by atoms with Gasteiger partial charge < -0.3 is 5.73 Å². The Labute approximate surface area is 86.2 Å². The Morgan fingerprint density at radius 2 is 1.87 bits per heavy atom. The Morgan fingerprint density at radius 1 is 1.40 bits per heavy atom. The average Bonchev–Trinajstić information content (AvgIpc) is 2.26. The van der Waals surface area contributed by atoms with Crippen LogP contribution in [0.4, 0.5) is 4.79 Å². The van der Waals surface area contributed by atoms with E-state index in [2.05, 4.69) is 5.92 Å². The number of urea groups is 1. The summed E-state index contributed by atoms with van der Waals surface area (Å²) < 4.78 is 0. The Morgan fingerprint density at radius 3 is 2.13 bits per heavy atom. The predicted molar refractivity (Wildman–Crippen MR) is 52.0 cm³/mol. The maximum absolute atomic E-state index is 10.8. The smallest absolute Gasteiger partial charge is 0.322 e. The summed E-state index contributed by atoms with van der Waals surface area (Å²) in [5, 5.41) is 0. The Bertz CT molecular complexity index is 389. The third-order valence-electron chi connectivity index (χ3n) is 1.94. The van der Waals surface area contributed by atoms with Gasteiger partial charge in [-0.3, -0.25) is 14.5 Å². The number of allylic oxidation sites excluding steroid dienone is 2. The van der Waals surface area contributed by atoms with Gasteiger partial charge in [0.25, 0.3) is 0 Å². The molecule has 0 saturated heterocycles. The fraction of sp³-hybridized carbons (Fsp3) is 0.100. The van der Waals surface area contributed by atoms with Crippen LogP contribution in [0.1, 0.15) is 0 Å². The van der Waals surface area contributed by atoms with E-state index in [4.69, 9.17) is 12.2 Å². The standard InChI is InChI=1S/C10H8N2O3/c1-2-9-7(5-13)3-12(10(11)15)4-8(9)6-14/h1,3-6,9H,(H2,11,15). The second kappa shape index (κ2) is 4.24. The highest BCUT2D eigenvalue weighted by Crippen LogP contribution is 2.22. The van der Waals surface area contributed by atoms with Crippen molar-refractivity contribution in [2.45, 2.75) is 0 Å². The molecule has 0 radical (unpaired) electrons. The Kier molecular flexibility index (Phi) is 3.03. The number of carbonyl (C=O) groups is 3. The molecule has 0 atom stereocenters. The fourth-order valence-electron chi connectivity index (χ4n) is 1.22. The molecular weight excluding hydrogens is 196 g/mol. The number of nitrogens with two attached hydrogens (primary N) is 1. The molecule has 76 valence electrons. The number of nitrogens with zero attached hydrogens (tertiary/aromatic N) is 1. The molecule has 5 nitrogen and oxygen atoms in total. The van der Waals surface area contributed by atoms with Crippen molar-refractivity contribution in [3.05, 3.63) is 23.5 Å². The second-order valence-corrected chi connectivity index (χ2v) is 2.84. The van der Waals surface area contributed by atoms with Crippen molar-refractivity contribution >= 4 is 18.6 Å². The lowest BCUT2D eigenvalue weighted by molar-refractivity contribution is -0.105. The van der Waals surface area contributed by atoms with Gasteiger partial charge in [0, 0.05) is 23.5 Å². The van der Waals surface area contributed by atoms with Gasteiger partial charge in [-0.25, -0.2) is 4.79 Å². The van der Waals surface area contributed by atoms with Gasteiger partial charge in [0.05, 0.1) is 5.92 Å².